The third-order valence-electron chi connectivity index (χ3n) is 3.48. The molecule has 0 spiro atoms. The van der Waals surface area contributed by atoms with Gasteiger partial charge in [-0.05, 0) is 31.7 Å². The zero-order chi connectivity index (χ0) is 10.7. The van der Waals surface area contributed by atoms with E-state index in [1.54, 1.807) is 11.1 Å². The van der Waals surface area contributed by atoms with E-state index in [1.807, 2.05) is 13.8 Å². The summed E-state index contributed by atoms with van der Waals surface area (Å²) >= 11 is 0. The molecule has 2 aliphatic rings. The first-order chi connectivity index (χ1) is 6.68. The number of hydrogen-bond donors (Lipinski definition) is 0. The summed E-state index contributed by atoms with van der Waals surface area (Å²) in [4.78, 5) is 2.60. The topological polar surface area (TPSA) is 3.24 Å². The van der Waals surface area contributed by atoms with E-state index in [4.69, 9.17) is 0 Å². The molecule has 82 valence electrons. The maximum Gasteiger partial charge on any atom is 0.0198 e. The van der Waals surface area contributed by atoms with Crippen LogP contribution in [0.2, 0.25) is 0 Å². The summed E-state index contributed by atoms with van der Waals surface area (Å²) in [5, 5.41) is 0. The molecule has 0 aliphatic carbocycles. The molecule has 2 heterocycles. The van der Waals surface area contributed by atoms with E-state index in [2.05, 4.69) is 25.7 Å². The minimum absolute atomic E-state index is 0.758. The lowest BCUT2D eigenvalue weighted by atomic mass is 9.87. The van der Waals surface area contributed by atoms with Gasteiger partial charge in [0, 0.05) is 13.1 Å². The predicted octanol–water partition coefficient (Wildman–Crippen LogP) is 3.32. The van der Waals surface area contributed by atoms with Crippen molar-refractivity contribution in [1.82, 2.24) is 4.90 Å². The number of rotatable bonds is 1. The van der Waals surface area contributed by atoms with Crippen LogP contribution in [-0.4, -0.2) is 24.5 Å². The second-order valence-corrected chi connectivity index (χ2v) is 4.58. The molecule has 0 amide bonds. The Morgan fingerprint density at radius 2 is 1.93 bits per heavy atom. The van der Waals surface area contributed by atoms with Crippen LogP contribution < -0.4 is 0 Å². The molecule has 2 unspecified atom stereocenters. The summed E-state index contributed by atoms with van der Waals surface area (Å²) in [6.07, 6.45) is 1.40. The lowest BCUT2D eigenvalue weighted by Gasteiger charge is -2.28. The van der Waals surface area contributed by atoms with Crippen LogP contribution in [0.5, 0.6) is 0 Å². The quantitative estimate of drug-likeness (QED) is 0.580. The van der Waals surface area contributed by atoms with Gasteiger partial charge in [0.15, 0.2) is 0 Å². The Kier molecular flexibility index (Phi) is 4.18. The van der Waals surface area contributed by atoms with Crippen molar-refractivity contribution in [3.05, 3.63) is 11.1 Å². The maximum absolute atomic E-state index is 2.60. The molecule has 14 heavy (non-hydrogen) atoms. The molecule has 2 atom stereocenters. The Hall–Kier alpha value is -0.300. The van der Waals surface area contributed by atoms with Gasteiger partial charge in [0.25, 0.3) is 0 Å². The molecular weight excluding hydrogens is 170 g/mol. The molecule has 0 saturated carbocycles. The molecule has 2 rings (SSSR count). The van der Waals surface area contributed by atoms with Crippen molar-refractivity contribution in [3.8, 4) is 0 Å². The van der Waals surface area contributed by atoms with Crippen LogP contribution in [0.3, 0.4) is 0 Å². The Morgan fingerprint density at radius 3 is 2.50 bits per heavy atom. The number of fused-ring (bicyclic) bond motifs is 2. The fraction of sp³-hybridized carbons (Fsp3) is 0.846. The summed E-state index contributed by atoms with van der Waals surface area (Å²) in [6.45, 7) is 14.9. The molecule has 1 heteroatoms. The minimum Gasteiger partial charge on any atom is -0.299 e. The normalized spacial score (nSPS) is 30.4. The van der Waals surface area contributed by atoms with Crippen molar-refractivity contribution in [3.63, 3.8) is 0 Å². The summed E-state index contributed by atoms with van der Waals surface area (Å²) in [7, 11) is 0. The molecule has 0 radical (unpaired) electrons. The van der Waals surface area contributed by atoms with Crippen LogP contribution in [0.25, 0.3) is 0 Å². The van der Waals surface area contributed by atoms with Crippen LogP contribution in [0.1, 0.15) is 41.0 Å². The van der Waals surface area contributed by atoms with E-state index < -0.39 is 0 Å². The SMILES string of the molecule is CC.CC1=C(C(C)C)CN2CCC1C2. The van der Waals surface area contributed by atoms with Gasteiger partial charge in [-0.2, -0.15) is 0 Å². The summed E-state index contributed by atoms with van der Waals surface area (Å²) < 4.78 is 0. The average Bonchev–Trinajstić information content (AvgIpc) is 2.59. The minimum atomic E-state index is 0.758. The van der Waals surface area contributed by atoms with Crippen LogP contribution in [0.15, 0.2) is 11.1 Å². The fourth-order valence-electron chi connectivity index (χ4n) is 2.60. The van der Waals surface area contributed by atoms with Gasteiger partial charge in [0.2, 0.25) is 0 Å². The molecule has 2 aliphatic heterocycles. The van der Waals surface area contributed by atoms with Gasteiger partial charge in [-0.1, -0.05) is 38.8 Å². The Labute approximate surface area is 89.2 Å². The van der Waals surface area contributed by atoms with Crippen LogP contribution in [0, 0.1) is 11.8 Å². The zero-order valence-electron chi connectivity index (χ0n) is 10.4. The molecule has 1 nitrogen and oxygen atoms in total. The van der Waals surface area contributed by atoms with Gasteiger partial charge in [0.05, 0.1) is 0 Å². The van der Waals surface area contributed by atoms with Crippen molar-refractivity contribution in [2.24, 2.45) is 11.8 Å². The first kappa shape index (κ1) is 11.8. The van der Waals surface area contributed by atoms with Crippen molar-refractivity contribution in [1.29, 1.82) is 0 Å². The summed E-state index contributed by atoms with van der Waals surface area (Å²) in [5.74, 6) is 1.66. The first-order valence-corrected chi connectivity index (χ1v) is 6.10. The van der Waals surface area contributed by atoms with Gasteiger partial charge in [-0.25, -0.2) is 0 Å². The van der Waals surface area contributed by atoms with Gasteiger partial charge in [-0.15, -0.1) is 0 Å². The highest BCUT2D eigenvalue weighted by Gasteiger charge is 2.31. The smallest absolute Gasteiger partial charge is 0.0198 e. The molecule has 1 saturated heterocycles. The van der Waals surface area contributed by atoms with Gasteiger partial charge < -0.3 is 0 Å². The van der Waals surface area contributed by atoms with E-state index >= 15 is 0 Å². The highest BCUT2D eigenvalue weighted by atomic mass is 15.2. The summed E-state index contributed by atoms with van der Waals surface area (Å²) in [6, 6.07) is 0. The van der Waals surface area contributed by atoms with E-state index in [0.29, 0.717) is 0 Å². The van der Waals surface area contributed by atoms with E-state index in [1.165, 1.54) is 26.1 Å². The highest BCUT2D eigenvalue weighted by Crippen LogP contribution is 2.34. The highest BCUT2D eigenvalue weighted by molar-refractivity contribution is 5.23. The summed E-state index contributed by atoms with van der Waals surface area (Å²) in [5.41, 5.74) is 3.42. The lowest BCUT2D eigenvalue weighted by Crippen LogP contribution is -2.30. The molecule has 0 aromatic heterocycles. The standard InChI is InChI=1S/C11H19N.C2H6/c1-8(2)11-7-12-5-4-10(6-12)9(11)3;1-2/h8,10H,4-7H2,1-3H3;1-2H3. The van der Waals surface area contributed by atoms with Crippen molar-refractivity contribution in [2.75, 3.05) is 19.6 Å². The van der Waals surface area contributed by atoms with Crippen molar-refractivity contribution >= 4 is 0 Å². The third kappa shape index (κ3) is 2.20. The monoisotopic (exact) mass is 195 g/mol. The molecule has 0 aromatic carbocycles. The Bertz CT molecular complexity index is 215. The van der Waals surface area contributed by atoms with Gasteiger partial charge >= 0.3 is 0 Å². The molecule has 1 fully saturated rings. The zero-order valence-corrected chi connectivity index (χ0v) is 10.4. The second kappa shape index (κ2) is 4.97. The second-order valence-electron chi connectivity index (χ2n) is 4.58. The van der Waals surface area contributed by atoms with Crippen molar-refractivity contribution in [2.45, 2.75) is 41.0 Å². The van der Waals surface area contributed by atoms with Crippen LogP contribution in [-0.2, 0) is 0 Å². The largest absolute Gasteiger partial charge is 0.299 e. The third-order valence-corrected chi connectivity index (χ3v) is 3.48. The van der Waals surface area contributed by atoms with E-state index in [-0.39, 0.29) is 0 Å². The fourth-order valence-corrected chi connectivity index (χ4v) is 2.60. The molecule has 2 bridgehead atoms. The van der Waals surface area contributed by atoms with Crippen LogP contribution in [0.4, 0.5) is 0 Å². The lowest BCUT2D eigenvalue weighted by molar-refractivity contribution is 0.329. The first-order valence-electron chi connectivity index (χ1n) is 6.10. The number of nitrogens with zero attached hydrogens (tertiary/aromatic N) is 1. The van der Waals surface area contributed by atoms with E-state index in [9.17, 15) is 0 Å². The number of hydrogen-bond acceptors (Lipinski definition) is 1. The Balaban J connectivity index is 0.000000461. The van der Waals surface area contributed by atoms with E-state index in [0.717, 1.165) is 11.8 Å². The Morgan fingerprint density at radius 1 is 1.29 bits per heavy atom. The maximum atomic E-state index is 2.60. The predicted molar refractivity (Wildman–Crippen MR) is 63.4 cm³/mol. The van der Waals surface area contributed by atoms with Crippen LogP contribution >= 0.6 is 0 Å². The van der Waals surface area contributed by atoms with Crippen molar-refractivity contribution < 1.29 is 0 Å². The molecule has 0 aromatic rings. The van der Waals surface area contributed by atoms with Gasteiger partial charge in [0.1, 0.15) is 0 Å². The molecular formula is C13H25N. The molecule has 0 N–H and O–H groups in total. The van der Waals surface area contributed by atoms with Gasteiger partial charge in [-0.3, -0.25) is 4.90 Å². The average molecular weight is 195 g/mol.